The van der Waals surface area contributed by atoms with E-state index < -0.39 is 10.5 Å². The molecule has 0 atom stereocenters. The number of nitrogen functional groups attached to an aromatic ring is 1. The lowest BCUT2D eigenvalue weighted by molar-refractivity contribution is -0.384. The third-order valence-electron chi connectivity index (χ3n) is 8.89. The predicted molar refractivity (Wildman–Crippen MR) is 233 cm³/mol. The van der Waals surface area contributed by atoms with Gasteiger partial charge in [0.05, 0.1) is 16.1 Å². The molecule has 0 spiro atoms. The molecule has 10 nitrogen and oxygen atoms in total. The van der Waals surface area contributed by atoms with E-state index in [1.165, 1.54) is 12.1 Å². The molecule has 8 rings (SSSR count). The molecule has 0 aliphatic rings. The summed E-state index contributed by atoms with van der Waals surface area (Å²) in [7, 11) is 0. The van der Waals surface area contributed by atoms with E-state index in [2.05, 4.69) is 23.8 Å². The largest absolute Gasteiger partial charge is 0.422 e. The zero-order valence-electron chi connectivity index (χ0n) is 29.0. The summed E-state index contributed by atoms with van der Waals surface area (Å²) in [5.74, 6) is 0. The van der Waals surface area contributed by atoms with E-state index in [9.17, 15) is 19.7 Å². The number of hydrogen-bond donors (Lipinski definition) is 3. The number of nitro groups is 1. The quantitative estimate of drug-likeness (QED) is 0.0327. The molecule has 0 aliphatic heterocycles. The van der Waals surface area contributed by atoms with E-state index in [4.69, 9.17) is 14.6 Å². The van der Waals surface area contributed by atoms with Crippen molar-refractivity contribution in [3.05, 3.63) is 178 Å². The number of nitrogens with zero attached hydrogens (tertiary/aromatic N) is 1. The van der Waals surface area contributed by atoms with Crippen molar-refractivity contribution in [3.8, 4) is 22.3 Å². The lowest BCUT2D eigenvalue weighted by Gasteiger charge is -2.07. The fourth-order valence-electron chi connectivity index (χ4n) is 6.16. The van der Waals surface area contributed by atoms with E-state index in [1.807, 2.05) is 84.9 Å². The highest BCUT2D eigenvalue weighted by Crippen LogP contribution is 2.30. The van der Waals surface area contributed by atoms with Crippen LogP contribution in [-0.4, -0.2) is 18.0 Å². The zero-order chi connectivity index (χ0) is 37.8. The molecule has 56 heavy (non-hydrogen) atoms. The minimum Gasteiger partial charge on any atom is -0.422 e. The first-order valence-corrected chi connectivity index (χ1v) is 17.0. The second-order valence-electron chi connectivity index (χ2n) is 12.6. The Kier molecular flexibility index (Phi) is 12.2. The van der Waals surface area contributed by atoms with Crippen LogP contribution >= 0.6 is 0 Å². The highest BCUT2D eigenvalue weighted by molar-refractivity contribution is 5.99. The number of benzene rings is 6. The van der Waals surface area contributed by atoms with Gasteiger partial charge in [0, 0.05) is 53.1 Å². The zero-order valence-corrected chi connectivity index (χ0v) is 29.0. The molecule has 0 unspecified atom stereocenters. The van der Waals surface area contributed by atoms with Crippen molar-refractivity contribution in [1.82, 2.24) is 0 Å². The van der Waals surface area contributed by atoms with Crippen molar-refractivity contribution < 1.29 is 13.8 Å². The van der Waals surface area contributed by atoms with Crippen LogP contribution in [0, 0.1) is 10.1 Å². The molecule has 0 fully saturated rings. The summed E-state index contributed by atoms with van der Waals surface area (Å²) in [5, 5.41) is 23.0. The van der Waals surface area contributed by atoms with Gasteiger partial charge < -0.3 is 25.2 Å². The number of fused-ring (bicyclic) bond motifs is 4. The summed E-state index contributed by atoms with van der Waals surface area (Å²) in [4.78, 5) is 35.3. The molecule has 2 heterocycles. The number of nitro benzene ring substituents is 1. The van der Waals surface area contributed by atoms with E-state index in [1.54, 1.807) is 36.4 Å². The number of nitrogens with one attached hydrogen (secondary N) is 2. The van der Waals surface area contributed by atoms with Crippen LogP contribution in [0.2, 0.25) is 0 Å². The summed E-state index contributed by atoms with van der Waals surface area (Å²) >= 11 is 0. The van der Waals surface area contributed by atoms with Gasteiger partial charge in [-0.2, -0.15) is 0 Å². The standard InChI is InChI=1S/C22H16N2O4.C22H18N2O2.2CH4/c1-2-9-23-18-6-3-15-10-17-12-20(14-4-7-19(8-5-14)24(26)27)22(25)28-21(17)13-16(15)11-18;1-2-9-24-19-8-5-15-10-17-12-20(14-3-6-18(23)7-4-14)22(25)26-21(17)13-16(15)11-19;;/h2-8,10-13,23H,1,9H2;2-8,10-13,24H,1,9,23H2;2*1H4. The second kappa shape index (κ2) is 17.1. The van der Waals surface area contributed by atoms with Gasteiger partial charge in [-0.1, -0.05) is 51.3 Å². The minimum atomic E-state index is -0.485. The molecule has 6 aromatic carbocycles. The highest BCUT2D eigenvalue weighted by atomic mass is 16.6. The molecule has 2 aromatic heterocycles. The number of rotatable bonds is 9. The lowest BCUT2D eigenvalue weighted by atomic mass is 10.0. The Labute approximate surface area is 323 Å². The summed E-state index contributed by atoms with van der Waals surface area (Å²) in [6.07, 6.45) is 3.59. The molecule has 8 aromatic rings. The summed E-state index contributed by atoms with van der Waals surface area (Å²) in [6.45, 7) is 8.75. The van der Waals surface area contributed by atoms with Crippen LogP contribution in [0.15, 0.2) is 165 Å². The first-order valence-electron chi connectivity index (χ1n) is 17.0. The Morgan fingerprint density at radius 1 is 0.571 bits per heavy atom. The van der Waals surface area contributed by atoms with Gasteiger partial charge in [-0.05, 0) is 118 Å². The van der Waals surface area contributed by atoms with E-state index in [-0.39, 0.29) is 26.2 Å². The van der Waals surface area contributed by atoms with Crippen molar-refractivity contribution in [1.29, 1.82) is 0 Å². The van der Waals surface area contributed by atoms with Gasteiger partial charge in [-0.15, -0.1) is 13.2 Å². The van der Waals surface area contributed by atoms with Gasteiger partial charge >= 0.3 is 11.3 Å². The molecule has 4 N–H and O–H groups in total. The fourth-order valence-corrected chi connectivity index (χ4v) is 6.16. The van der Waals surface area contributed by atoms with Crippen LogP contribution in [0.25, 0.3) is 65.7 Å². The van der Waals surface area contributed by atoms with Crippen LogP contribution in [0.1, 0.15) is 14.9 Å². The van der Waals surface area contributed by atoms with Crippen molar-refractivity contribution in [2.24, 2.45) is 0 Å². The first-order chi connectivity index (χ1) is 26.2. The Bertz CT molecular complexity index is 2840. The van der Waals surface area contributed by atoms with Crippen LogP contribution < -0.4 is 27.6 Å². The molecule has 0 bridgehead atoms. The van der Waals surface area contributed by atoms with E-state index in [0.717, 1.165) is 49.3 Å². The summed E-state index contributed by atoms with van der Waals surface area (Å²) < 4.78 is 11.1. The Hall–Kier alpha value is -7.46. The van der Waals surface area contributed by atoms with Gasteiger partial charge in [-0.3, -0.25) is 10.1 Å². The number of anilines is 3. The third-order valence-corrected chi connectivity index (χ3v) is 8.89. The number of non-ortho nitro benzene ring substituents is 1. The SMILES string of the molecule is C.C.C=CCNc1ccc2cc3cc(-c4ccc(N)cc4)c(=O)oc3cc2c1.C=CCNc1ccc2cc3cc(-c4ccc([N+](=O)[O-])cc4)c(=O)oc3cc2c1. The maximum Gasteiger partial charge on any atom is 0.344 e. The minimum absolute atomic E-state index is 0. The van der Waals surface area contributed by atoms with Crippen molar-refractivity contribution in [3.63, 3.8) is 0 Å². The Balaban J connectivity index is 0.000000207. The van der Waals surface area contributed by atoms with Gasteiger partial charge in [0.1, 0.15) is 11.2 Å². The van der Waals surface area contributed by atoms with Crippen LogP contribution in [0.3, 0.4) is 0 Å². The molecule has 0 amide bonds. The van der Waals surface area contributed by atoms with E-state index in [0.29, 0.717) is 46.6 Å². The predicted octanol–water partition coefficient (Wildman–Crippen LogP) is 11.2. The number of nitrogens with two attached hydrogens (primary N) is 1. The van der Waals surface area contributed by atoms with Crippen LogP contribution in [-0.2, 0) is 0 Å². The third kappa shape index (κ3) is 8.50. The van der Waals surface area contributed by atoms with Gasteiger partial charge in [0.15, 0.2) is 0 Å². The second-order valence-corrected chi connectivity index (χ2v) is 12.6. The maximum absolute atomic E-state index is 12.5. The Morgan fingerprint density at radius 2 is 1.00 bits per heavy atom. The van der Waals surface area contributed by atoms with Crippen molar-refractivity contribution >= 4 is 66.2 Å². The summed E-state index contributed by atoms with van der Waals surface area (Å²) in [5.41, 5.74) is 10.8. The van der Waals surface area contributed by atoms with Gasteiger partial charge in [-0.25, -0.2) is 9.59 Å². The average molecular weight is 747 g/mol. The van der Waals surface area contributed by atoms with E-state index >= 15 is 0 Å². The number of hydrogen-bond acceptors (Lipinski definition) is 9. The Morgan fingerprint density at radius 3 is 1.41 bits per heavy atom. The van der Waals surface area contributed by atoms with Crippen molar-refractivity contribution in [2.75, 3.05) is 29.5 Å². The molecule has 0 radical (unpaired) electrons. The molecular formula is C46H42N4O6. The molecule has 10 heteroatoms. The van der Waals surface area contributed by atoms with Crippen LogP contribution in [0.5, 0.6) is 0 Å². The maximum atomic E-state index is 12.5. The normalized spacial score (nSPS) is 10.5. The molecule has 0 saturated heterocycles. The van der Waals surface area contributed by atoms with Crippen LogP contribution in [0.4, 0.5) is 22.7 Å². The molecular weight excluding hydrogens is 705 g/mol. The fraction of sp³-hybridized carbons (Fsp3) is 0.0870. The molecule has 0 aliphatic carbocycles. The smallest absolute Gasteiger partial charge is 0.344 e. The van der Waals surface area contributed by atoms with Gasteiger partial charge in [0.2, 0.25) is 0 Å². The first kappa shape index (κ1) is 39.7. The molecule has 0 saturated carbocycles. The monoisotopic (exact) mass is 746 g/mol. The summed E-state index contributed by atoms with van der Waals surface area (Å²) in [6, 6.07) is 36.5. The highest BCUT2D eigenvalue weighted by Gasteiger charge is 2.12. The van der Waals surface area contributed by atoms with Gasteiger partial charge in [0.25, 0.3) is 5.69 Å². The molecule has 282 valence electrons. The topological polar surface area (TPSA) is 154 Å². The van der Waals surface area contributed by atoms with Crippen molar-refractivity contribution in [2.45, 2.75) is 14.9 Å². The average Bonchev–Trinajstić information content (AvgIpc) is 3.18. The lowest BCUT2D eigenvalue weighted by Crippen LogP contribution is -2.03.